The number of aromatic nitrogens is 2. The molecule has 1 atom stereocenters. The van der Waals surface area contributed by atoms with Gasteiger partial charge in [0.15, 0.2) is 6.23 Å². The number of nitrogens with zero attached hydrogens (tertiary/aromatic N) is 4. The van der Waals surface area contributed by atoms with Gasteiger partial charge in [-0.1, -0.05) is 6.08 Å². The minimum Gasteiger partial charge on any atom is -0.378 e. The summed E-state index contributed by atoms with van der Waals surface area (Å²) in [7, 11) is 0. The molecule has 1 saturated heterocycles. The lowest BCUT2D eigenvalue weighted by atomic mass is 10.2. The highest BCUT2D eigenvalue weighted by Gasteiger charge is 2.18. The Hall–Kier alpha value is -2.84. The van der Waals surface area contributed by atoms with Crippen LogP contribution < -0.4 is 10.5 Å². The number of hydrogen-bond donors (Lipinski definition) is 0. The molecule has 29 heavy (non-hydrogen) atoms. The standard InChI is InChI=1S/C21H23FN4O3/c1-15-12-21(27)26(19(24-15)14-29-20-4-2-3-7-23-20)16-5-6-18(17(22)13-16)25-8-10-28-11-9-25/h2,4-7,12-13,20H,3,8-11,14H2,1H3. The topological polar surface area (TPSA) is 69.0 Å². The van der Waals surface area contributed by atoms with Crippen molar-refractivity contribution in [3.05, 3.63) is 64.1 Å². The summed E-state index contributed by atoms with van der Waals surface area (Å²) in [5, 5.41) is 0. The number of aryl methyl sites for hydroxylation is 1. The molecular weight excluding hydrogens is 375 g/mol. The van der Waals surface area contributed by atoms with Gasteiger partial charge >= 0.3 is 0 Å². The van der Waals surface area contributed by atoms with Crippen molar-refractivity contribution in [3.63, 3.8) is 0 Å². The third kappa shape index (κ3) is 4.44. The van der Waals surface area contributed by atoms with E-state index >= 15 is 0 Å². The van der Waals surface area contributed by atoms with Gasteiger partial charge in [-0.05, 0) is 25.1 Å². The van der Waals surface area contributed by atoms with Crippen LogP contribution in [0.1, 0.15) is 17.9 Å². The first kappa shape index (κ1) is 19.5. The molecule has 0 N–H and O–H groups in total. The van der Waals surface area contributed by atoms with Gasteiger partial charge in [0.1, 0.15) is 18.2 Å². The van der Waals surface area contributed by atoms with Gasteiger partial charge in [-0.15, -0.1) is 0 Å². The zero-order chi connectivity index (χ0) is 20.2. The summed E-state index contributed by atoms with van der Waals surface area (Å²) in [5.41, 5.74) is 1.22. The summed E-state index contributed by atoms with van der Waals surface area (Å²) in [6.45, 7) is 4.24. The third-order valence-corrected chi connectivity index (χ3v) is 4.84. The first-order valence-electron chi connectivity index (χ1n) is 9.64. The fraction of sp³-hybridized carbons (Fsp3) is 0.381. The van der Waals surface area contributed by atoms with Gasteiger partial charge in [-0.3, -0.25) is 14.4 Å². The molecule has 2 aromatic rings. The van der Waals surface area contributed by atoms with Crippen LogP contribution in [0.4, 0.5) is 10.1 Å². The highest BCUT2D eigenvalue weighted by atomic mass is 19.1. The monoisotopic (exact) mass is 398 g/mol. The first-order chi connectivity index (χ1) is 14.1. The van der Waals surface area contributed by atoms with Crippen molar-refractivity contribution in [3.8, 4) is 5.69 Å². The van der Waals surface area contributed by atoms with E-state index in [4.69, 9.17) is 9.47 Å². The van der Waals surface area contributed by atoms with Crippen LogP contribution in [0, 0.1) is 12.7 Å². The lowest BCUT2D eigenvalue weighted by Gasteiger charge is -2.29. The molecule has 0 amide bonds. The molecule has 7 nitrogen and oxygen atoms in total. The van der Waals surface area contributed by atoms with Gasteiger partial charge in [0.2, 0.25) is 0 Å². The van der Waals surface area contributed by atoms with Crippen LogP contribution in [-0.2, 0) is 16.1 Å². The highest BCUT2D eigenvalue weighted by molar-refractivity contribution is 5.61. The normalized spacial score (nSPS) is 19.0. The van der Waals surface area contributed by atoms with E-state index in [1.807, 2.05) is 17.1 Å². The number of dihydropyridines is 1. The van der Waals surface area contributed by atoms with Gasteiger partial charge in [-0.2, -0.15) is 0 Å². The highest BCUT2D eigenvalue weighted by Crippen LogP contribution is 2.23. The summed E-state index contributed by atoms with van der Waals surface area (Å²) in [5.74, 6) is 0.0197. The summed E-state index contributed by atoms with van der Waals surface area (Å²) in [6, 6.07) is 6.22. The maximum absolute atomic E-state index is 14.9. The summed E-state index contributed by atoms with van der Waals surface area (Å²) in [6.07, 6.45) is 5.97. The molecule has 0 radical (unpaired) electrons. The Morgan fingerprint density at radius 3 is 2.83 bits per heavy atom. The lowest BCUT2D eigenvalue weighted by Crippen LogP contribution is -2.36. The number of rotatable bonds is 5. The van der Waals surface area contributed by atoms with E-state index in [1.165, 1.54) is 16.7 Å². The zero-order valence-corrected chi connectivity index (χ0v) is 16.3. The Kier molecular flexibility index (Phi) is 5.82. The van der Waals surface area contributed by atoms with Gasteiger partial charge in [0, 0.05) is 43.6 Å². The Balaban J connectivity index is 1.64. The summed E-state index contributed by atoms with van der Waals surface area (Å²) >= 11 is 0. The van der Waals surface area contributed by atoms with Crippen LogP contribution in [0.2, 0.25) is 0 Å². The van der Waals surface area contributed by atoms with Crippen molar-refractivity contribution in [2.75, 3.05) is 31.2 Å². The van der Waals surface area contributed by atoms with Gasteiger partial charge in [0.25, 0.3) is 5.56 Å². The van der Waals surface area contributed by atoms with Crippen molar-refractivity contribution >= 4 is 11.9 Å². The van der Waals surface area contributed by atoms with Crippen molar-refractivity contribution in [1.29, 1.82) is 0 Å². The molecule has 1 aromatic carbocycles. The molecule has 1 fully saturated rings. The second kappa shape index (κ2) is 8.67. The molecule has 0 spiro atoms. The minimum atomic E-state index is -0.407. The SMILES string of the molecule is Cc1cc(=O)n(-c2ccc(N3CCOCC3)c(F)c2)c(COC2C=CCC=N2)n1. The summed E-state index contributed by atoms with van der Waals surface area (Å²) in [4.78, 5) is 23.3. The smallest absolute Gasteiger partial charge is 0.258 e. The van der Waals surface area contributed by atoms with Gasteiger partial charge < -0.3 is 14.4 Å². The van der Waals surface area contributed by atoms with E-state index in [-0.39, 0.29) is 18.0 Å². The van der Waals surface area contributed by atoms with E-state index in [1.54, 1.807) is 25.3 Å². The molecule has 152 valence electrons. The van der Waals surface area contributed by atoms with Crippen molar-refractivity contribution in [2.45, 2.75) is 26.2 Å². The van der Waals surface area contributed by atoms with E-state index in [0.717, 1.165) is 6.42 Å². The molecule has 4 rings (SSSR count). The average Bonchev–Trinajstić information content (AvgIpc) is 2.73. The van der Waals surface area contributed by atoms with E-state index in [2.05, 4.69) is 9.98 Å². The second-order valence-corrected chi connectivity index (χ2v) is 6.92. The van der Waals surface area contributed by atoms with Crippen LogP contribution in [0.15, 0.2) is 46.2 Å². The van der Waals surface area contributed by atoms with E-state index in [9.17, 15) is 9.18 Å². The molecule has 3 heterocycles. The minimum absolute atomic E-state index is 0.0795. The Morgan fingerprint density at radius 2 is 2.10 bits per heavy atom. The van der Waals surface area contributed by atoms with Crippen LogP contribution in [0.25, 0.3) is 5.69 Å². The van der Waals surface area contributed by atoms with Crippen molar-refractivity contribution in [1.82, 2.24) is 9.55 Å². The predicted molar refractivity (Wildman–Crippen MR) is 108 cm³/mol. The lowest BCUT2D eigenvalue weighted by molar-refractivity contribution is 0.0712. The molecule has 1 unspecified atom stereocenters. The summed E-state index contributed by atoms with van der Waals surface area (Å²) < 4.78 is 27.3. The van der Waals surface area contributed by atoms with Crippen molar-refractivity contribution < 1.29 is 13.9 Å². The fourth-order valence-corrected chi connectivity index (χ4v) is 3.45. The quantitative estimate of drug-likeness (QED) is 0.724. The molecule has 1 aromatic heterocycles. The Bertz CT molecular complexity index is 984. The number of halogens is 1. The Morgan fingerprint density at radius 1 is 1.28 bits per heavy atom. The fourth-order valence-electron chi connectivity index (χ4n) is 3.45. The maximum Gasteiger partial charge on any atom is 0.258 e. The van der Waals surface area contributed by atoms with Crippen molar-refractivity contribution in [2.24, 2.45) is 4.99 Å². The molecule has 2 aliphatic rings. The number of benzene rings is 1. The molecular formula is C21H23FN4O3. The largest absolute Gasteiger partial charge is 0.378 e. The van der Waals surface area contributed by atoms with E-state index < -0.39 is 6.23 Å². The second-order valence-electron chi connectivity index (χ2n) is 6.92. The molecule has 0 bridgehead atoms. The molecule has 0 aliphatic carbocycles. The number of morpholine rings is 1. The van der Waals surface area contributed by atoms with Crippen LogP contribution in [-0.4, -0.2) is 48.3 Å². The molecule has 8 heteroatoms. The zero-order valence-electron chi connectivity index (χ0n) is 16.3. The number of aliphatic imine (C=N–C) groups is 1. The predicted octanol–water partition coefficient (Wildman–Crippen LogP) is 2.39. The Labute approximate surface area is 168 Å². The molecule has 2 aliphatic heterocycles. The third-order valence-electron chi connectivity index (χ3n) is 4.84. The number of hydrogen-bond acceptors (Lipinski definition) is 6. The van der Waals surface area contributed by atoms with Gasteiger partial charge in [-0.25, -0.2) is 9.37 Å². The number of ether oxygens (including phenoxy) is 2. The van der Waals surface area contributed by atoms with E-state index in [0.29, 0.717) is 49.2 Å². The number of anilines is 1. The average molecular weight is 398 g/mol. The maximum atomic E-state index is 14.9. The number of allylic oxidation sites excluding steroid dienone is 1. The molecule has 0 saturated carbocycles. The van der Waals surface area contributed by atoms with Crippen LogP contribution in [0.5, 0.6) is 0 Å². The first-order valence-corrected chi connectivity index (χ1v) is 9.64. The van der Waals surface area contributed by atoms with Gasteiger partial charge in [0.05, 0.1) is 24.6 Å². The van der Waals surface area contributed by atoms with Crippen LogP contribution >= 0.6 is 0 Å². The van der Waals surface area contributed by atoms with Crippen LogP contribution in [0.3, 0.4) is 0 Å².